The highest BCUT2D eigenvalue weighted by atomic mass is 17.1. The summed E-state index contributed by atoms with van der Waals surface area (Å²) in [5, 5.41) is 16.3. The lowest BCUT2D eigenvalue weighted by molar-refractivity contribution is -0.259. The number of carboxylic acids is 1. The summed E-state index contributed by atoms with van der Waals surface area (Å²) < 4.78 is 0. The number of carbonyl (C=O) groups is 1. The van der Waals surface area contributed by atoms with E-state index in [1.807, 2.05) is 0 Å². The number of hydrogen-bond donors (Lipinski definition) is 2. The summed E-state index contributed by atoms with van der Waals surface area (Å²) in [5.41, 5.74) is -1.01. The fourth-order valence-corrected chi connectivity index (χ4v) is 0.223. The Bertz CT molecular complexity index is 108. The van der Waals surface area contributed by atoms with Gasteiger partial charge in [0.05, 0.1) is 12.0 Å². The van der Waals surface area contributed by atoms with Crippen molar-refractivity contribution in [3.05, 3.63) is 0 Å². The van der Waals surface area contributed by atoms with Crippen LogP contribution < -0.4 is 0 Å². The zero-order chi connectivity index (χ0) is 7.49. The first-order valence-electron chi connectivity index (χ1n) is 2.50. The van der Waals surface area contributed by atoms with Crippen LogP contribution in [0.1, 0.15) is 13.8 Å². The molecule has 2 N–H and O–H groups in total. The van der Waals surface area contributed by atoms with Gasteiger partial charge in [-0.25, -0.2) is 4.89 Å². The molecule has 0 aromatic heterocycles. The number of aliphatic carboxylic acids is 1. The lowest BCUT2D eigenvalue weighted by Gasteiger charge is -2.15. The molecule has 0 amide bonds. The zero-order valence-electron chi connectivity index (χ0n) is 5.42. The zero-order valence-corrected chi connectivity index (χ0v) is 5.42. The highest BCUT2D eigenvalue weighted by Crippen LogP contribution is 2.14. The summed E-state index contributed by atoms with van der Waals surface area (Å²) in [7, 11) is 0. The number of carboxylic acid groups (broad SMARTS) is 1. The first kappa shape index (κ1) is 8.39. The maximum absolute atomic E-state index is 10.2. The highest BCUT2D eigenvalue weighted by molar-refractivity contribution is 5.73. The van der Waals surface area contributed by atoms with Gasteiger partial charge < -0.3 is 5.11 Å². The van der Waals surface area contributed by atoms with Gasteiger partial charge in [-0.1, -0.05) is 0 Å². The smallest absolute Gasteiger partial charge is 0.311 e. The van der Waals surface area contributed by atoms with Gasteiger partial charge in [0.2, 0.25) is 0 Å². The minimum Gasteiger partial charge on any atom is -0.481 e. The van der Waals surface area contributed by atoms with Crippen LogP contribution in [-0.4, -0.2) is 22.9 Å². The minimum absolute atomic E-state index is 0.192. The third-order valence-electron chi connectivity index (χ3n) is 1.00. The molecule has 9 heavy (non-hydrogen) atoms. The van der Waals surface area contributed by atoms with Crippen LogP contribution in [0.15, 0.2) is 0 Å². The van der Waals surface area contributed by atoms with Gasteiger partial charge in [0, 0.05) is 0 Å². The van der Waals surface area contributed by atoms with E-state index in [1.165, 1.54) is 13.8 Å². The van der Waals surface area contributed by atoms with Crippen LogP contribution >= 0.6 is 0 Å². The van der Waals surface area contributed by atoms with Crippen molar-refractivity contribution in [1.29, 1.82) is 0 Å². The van der Waals surface area contributed by atoms with E-state index < -0.39 is 11.4 Å². The van der Waals surface area contributed by atoms with Crippen LogP contribution in [0.3, 0.4) is 0 Å². The molecule has 0 aliphatic carbocycles. The van der Waals surface area contributed by atoms with E-state index in [2.05, 4.69) is 4.89 Å². The van der Waals surface area contributed by atoms with Crippen LogP contribution in [0, 0.1) is 5.41 Å². The molecular formula is C5H10O4. The number of hydrogen-bond acceptors (Lipinski definition) is 3. The molecule has 0 fully saturated rings. The fraction of sp³-hybridized carbons (Fsp3) is 0.800. The average molecular weight is 134 g/mol. The Morgan fingerprint density at radius 3 is 2.22 bits per heavy atom. The molecule has 4 heteroatoms. The van der Waals surface area contributed by atoms with Gasteiger partial charge in [-0.3, -0.25) is 10.1 Å². The van der Waals surface area contributed by atoms with Crippen molar-refractivity contribution in [3.8, 4) is 0 Å². The van der Waals surface area contributed by atoms with Crippen LogP contribution in [0.25, 0.3) is 0 Å². The van der Waals surface area contributed by atoms with E-state index in [-0.39, 0.29) is 6.61 Å². The molecule has 0 rings (SSSR count). The molecule has 0 aliphatic rings. The standard InChI is InChI=1S/C5H10O4/c1-5(2,3-9-8)4(6)7/h8H,3H2,1-2H3,(H,6,7). The first-order chi connectivity index (χ1) is 4.00. The normalized spacial score (nSPS) is 11.4. The van der Waals surface area contributed by atoms with Crippen LogP contribution in [0.2, 0.25) is 0 Å². The van der Waals surface area contributed by atoms with Gasteiger partial charge in [0.25, 0.3) is 0 Å². The monoisotopic (exact) mass is 134 g/mol. The molecule has 0 unspecified atom stereocenters. The summed E-state index contributed by atoms with van der Waals surface area (Å²) in [6.07, 6.45) is 0. The largest absolute Gasteiger partial charge is 0.481 e. The maximum atomic E-state index is 10.2. The Balaban J connectivity index is 3.85. The molecule has 54 valence electrons. The molecule has 0 aromatic rings. The summed E-state index contributed by atoms with van der Waals surface area (Å²) in [5.74, 6) is -0.989. The third kappa shape index (κ3) is 2.43. The molecule has 0 aliphatic heterocycles. The van der Waals surface area contributed by atoms with Gasteiger partial charge in [-0.15, -0.1) is 0 Å². The lowest BCUT2D eigenvalue weighted by Crippen LogP contribution is -2.28. The lowest BCUT2D eigenvalue weighted by atomic mass is 9.96. The van der Waals surface area contributed by atoms with Crippen molar-refractivity contribution in [1.82, 2.24) is 0 Å². The summed E-state index contributed by atoms with van der Waals surface area (Å²) in [4.78, 5) is 13.9. The van der Waals surface area contributed by atoms with Crippen molar-refractivity contribution in [2.45, 2.75) is 13.8 Å². The second kappa shape index (κ2) is 2.80. The average Bonchev–Trinajstić information content (AvgIpc) is 1.65. The predicted molar refractivity (Wildman–Crippen MR) is 30.0 cm³/mol. The first-order valence-corrected chi connectivity index (χ1v) is 2.50. The second-order valence-corrected chi connectivity index (χ2v) is 2.46. The van der Waals surface area contributed by atoms with Gasteiger partial charge >= 0.3 is 5.97 Å². The number of rotatable bonds is 3. The summed E-state index contributed by atoms with van der Waals surface area (Å²) in [6, 6.07) is 0. The molecule has 0 bridgehead atoms. The van der Waals surface area contributed by atoms with Gasteiger partial charge in [-0.05, 0) is 13.8 Å². The molecule has 0 atom stereocenters. The van der Waals surface area contributed by atoms with E-state index in [4.69, 9.17) is 10.4 Å². The highest BCUT2D eigenvalue weighted by Gasteiger charge is 2.27. The second-order valence-electron chi connectivity index (χ2n) is 2.46. The van der Waals surface area contributed by atoms with E-state index >= 15 is 0 Å². The molecule has 0 saturated carbocycles. The van der Waals surface area contributed by atoms with Crippen LogP contribution in [0.5, 0.6) is 0 Å². The summed E-state index contributed by atoms with van der Waals surface area (Å²) >= 11 is 0. The van der Waals surface area contributed by atoms with E-state index in [1.54, 1.807) is 0 Å². The Labute approximate surface area is 53.0 Å². The van der Waals surface area contributed by atoms with Crippen LogP contribution in [0.4, 0.5) is 0 Å². The molecule has 4 nitrogen and oxygen atoms in total. The quantitative estimate of drug-likeness (QED) is 0.437. The van der Waals surface area contributed by atoms with E-state index in [0.717, 1.165) is 0 Å². The van der Waals surface area contributed by atoms with E-state index in [9.17, 15) is 4.79 Å². The van der Waals surface area contributed by atoms with Crippen molar-refractivity contribution in [2.24, 2.45) is 5.41 Å². The van der Waals surface area contributed by atoms with Gasteiger partial charge in [0.1, 0.15) is 0 Å². The summed E-state index contributed by atoms with van der Waals surface area (Å²) in [6.45, 7) is 2.74. The Morgan fingerprint density at radius 2 is 2.11 bits per heavy atom. The van der Waals surface area contributed by atoms with Crippen molar-refractivity contribution in [2.75, 3.05) is 6.61 Å². The minimum atomic E-state index is -1.01. The molecule has 0 aromatic carbocycles. The predicted octanol–water partition coefficient (Wildman–Crippen LogP) is 0.587. The molecule has 0 radical (unpaired) electrons. The maximum Gasteiger partial charge on any atom is 0.311 e. The van der Waals surface area contributed by atoms with E-state index in [0.29, 0.717) is 0 Å². The van der Waals surface area contributed by atoms with Gasteiger partial charge in [0.15, 0.2) is 0 Å². The SMILES string of the molecule is CC(C)(COO)C(=O)O. The fourth-order valence-electron chi connectivity index (χ4n) is 0.223. The third-order valence-corrected chi connectivity index (χ3v) is 1.00. The van der Waals surface area contributed by atoms with Crippen molar-refractivity contribution in [3.63, 3.8) is 0 Å². The Morgan fingerprint density at radius 1 is 1.67 bits per heavy atom. The Kier molecular flexibility index (Phi) is 2.61. The molecule has 0 heterocycles. The topological polar surface area (TPSA) is 66.8 Å². The van der Waals surface area contributed by atoms with Gasteiger partial charge in [-0.2, -0.15) is 0 Å². The van der Waals surface area contributed by atoms with Crippen molar-refractivity contribution >= 4 is 5.97 Å². The van der Waals surface area contributed by atoms with Crippen molar-refractivity contribution < 1.29 is 20.0 Å². The molecule has 0 spiro atoms. The molecular weight excluding hydrogens is 124 g/mol. The Hall–Kier alpha value is -0.610. The molecule has 0 saturated heterocycles. The van der Waals surface area contributed by atoms with Crippen LogP contribution in [-0.2, 0) is 9.68 Å².